The molecule has 3 heterocycles. The molecule has 2 aromatic heterocycles. The van der Waals surface area contributed by atoms with Crippen LogP contribution in [0.25, 0.3) is 11.5 Å². The van der Waals surface area contributed by atoms with E-state index < -0.39 is 0 Å². The van der Waals surface area contributed by atoms with Crippen molar-refractivity contribution in [1.29, 1.82) is 0 Å². The van der Waals surface area contributed by atoms with Gasteiger partial charge in [-0.3, -0.25) is 4.79 Å². The summed E-state index contributed by atoms with van der Waals surface area (Å²) in [6, 6.07) is 9.66. The van der Waals surface area contributed by atoms with Crippen LogP contribution >= 0.6 is 0 Å². The van der Waals surface area contributed by atoms with Crippen LogP contribution in [0.4, 0.5) is 0 Å². The standard InChI is InChI=1S/C18H18N4O3/c1-11-15(12(2)24-20-11)18(23)22-9-8-14(10-22)16-19-17(25-21-16)13-6-4-3-5-7-13/h3-7,14H,8-10H2,1-2H3. The van der Waals surface area contributed by atoms with Crippen LogP contribution in [-0.2, 0) is 0 Å². The van der Waals surface area contributed by atoms with Crippen molar-refractivity contribution in [3.05, 3.63) is 53.2 Å². The summed E-state index contributed by atoms with van der Waals surface area (Å²) < 4.78 is 10.5. The van der Waals surface area contributed by atoms with E-state index in [0.717, 1.165) is 12.0 Å². The van der Waals surface area contributed by atoms with Gasteiger partial charge >= 0.3 is 0 Å². The van der Waals surface area contributed by atoms with Gasteiger partial charge in [-0.2, -0.15) is 4.98 Å². The number of hydrogen-bond acceptors (Lipinski definition) is 6. The molecule has 25 heavy (non-hydrogen) atoms. The van der Waals surface area contributed by atoms with E-state index in [4.69, 9.17) is 9.05 Å². The van der Waals surface area contributed by atoms with Gasteiger partial charge in [0.1, 0.15) is 11.3 Å². The number of carbonyl (C=O) groups is 1. The van der Waals surface area contributed by atoms with Crippen LogP contribution in [0.3, 0.4) is 0 Å². The van der Waals surface area contributed by atoms with E-state index in [1.165, 1.54) is 0 Å². The lowest BCUT2D eigenvalue weighted by atomic mass is 10.1. The molecule has 1 unspecified atom stereocenters. The molecule has 128 valence electrons. The minimum absolute atomic E-state index is 0.0504. The molecular formula is C18H18N4O3. The molecule has 1 saturated heterocycles. The SMILES string of the molecule is Cc1noc(C)c1C(=O)N1CCC(c2noc(-c3ccccc3)n2)C1. The van der Waals surface area contributed by atoms with Crippen molar-refractivity contribution in [1.82, 2.24) is 20.2 Å². The third kappa shape index (κ3) is 2.82. The summed E-state index contributed by atoms with van der Waals surface area (Å²) in [5.41, 5.74) is 2.07. The molecule has 1 aromatic carbocycles. The van der Waals surface area contributed by atoms with Gasteiger partial charge < -0.3 is 13.9 Å². The highest BCUT2D eigenvalue weighted by Gasteiger charge is 2.33. The fourth-order valence-corrected chi connectivity index (χ4v) is 3.20. The van der Waals surface area contributed by atoms with Gasteiger partial charge in [0.2, 0.25) is 0 Å². The lowest BCUT2D eigenvalue weighted by Crippen LogP contribution is -2.29. The summed E-state index contributed by atoms with van der Waals surface area (Å²) in [6.45, 7) is 4.76. The minimum Gasteiger partial charge on any atom is -0.361 e. The molecule has 1 aliphatic heterocycles. The number of carbonyl (C=O) groups excluding carboxylic acids is 1. The minimum atomic E-state index is -0.0504. The maximum absolute atomic E-state index is 12.7. The van der Waals surface area contributed by atoms with Crippen molar-refractivity contribution >= 4 is 5.91 Å². The van der Waals surface area contributed by atoms with Crippen molar-refractivity contribution in [3.63, 3.8) is 0 Å². The number of aromatic nitrogens is 3. The van der Waals surface area contributed by atoms with E-state index in [0.29, 0.717) is 41.8 Å². The number of aryl methyl sites for hydroxylation is 2. The molecule has 0 bridgehead atoms. The first-order valence-electron chi connectivity index (χ1n) is 8.24. The maximum atomic E-state index is 12.7. The molecular weight excluding hydrogens is 320 g/mol. The lowest BCUT2D eigenvalue weighted by molar-refractivity contribution is 0.0788. The van der Waals surface area contributed by atoms with Crippen LogP contribution in [0.15, 0.2) is 39.4 Å². The van der Waals surface area contributed by atoms with Crippen LogP contribution in [0.1, 0.15) is 40.0 Å². The average molecular weight is 338 g/mol. The highest BCUT2D eigenvalue weighted by Crippen LogP contribution is 2.29. The second kappa shape index (κ2) is 6.16. The Hall–Kier alpha value is -2.96. The summed E-state index contributed by atoms with van der Waals surface area (Å²) in [7, 11) is 0. The number of nitrogens with zero attached hydrogens (tertiary/aromatic N) is 4. The zero-order valence-corrected chi connectivity index (χ0v) is 14.1. The Bertz CT molecular complexity index is 881. The summed E-state index contributed by atoms with van der Waals surface area (Å²) in [5.74, 6) is 1.73. The molecule has 1 aliphatic rings. The van der Waals surface area contributed by atoms with Gasteiger partial charge in [0.15, 0.2) is 5.82 Å². The van der Waals surface area contributed by atoms with E-state index in [2.05, 4.69) is 15.3 Å². The van der Waals surface area contributed by atoms with Crippen molar-refractivity contribution in [2.45, 2.75) is 26.2 Å². The fraction of sp³-hybridized carbons (Fsp3) is 0.333. The summed E-state index contributed by atoms with van der Waals surface area (Å²) >= 11 is 0. The zero-order chi connectivity index (χ0) is 17.4. The average Bonchev–Trinajstić information content (AvgIpc) is 3.35. The predicted molar refractivity (Wildman–Crippen MR) is 89.0 cm³/mol. The molecule has 1 atom stereocenters. The monoisotopic (exact) mass is 338 g/mol. The van der Waals surface area contributed by atoms with E-state index in [1.54, 1.807) is 18.7 Å². The van der Waals surface area contributed by atoms with Gasteiger partial charge in [0, 0.05) is 24.6 Å². The number of benzene rings is 1. The molecule has 0 saturated carbocycles. The van der Waals surface area contributed by atoms with Gasteiger partial charge in [0.05, 0.1) is 5.69 Å². The third-order valence-corrected chi connectivity index (χ3v) is 4.55. The van der Waals surface area contributed by atoms with Crippen LogP contribution in [0, 0.1) is 13.8 Å². The lowest BCUT2D eigenvalue weighted by Gasteiger charge is -2.15. The Morgan fingerprint density at radius 2 is 1.96 bits per heavy atom. The van der Waals surface area contributed by atoms with E-state index in [1.807, 2.05) is 30.3 Å². The van der Waals surface area contributed by atoms with Gasteiger partial charge in [-0.05, 0) is 32.4 Å². The molecule has 7 nitrogen and oxygen atoms in total. The molecule has 0 radical (unpaired) electrons. The fourth-order valence-electron chi connectivity index (χ4n) is 3.20. The Morgan fingerprint density at radius 3 is 2.68 bits per heavy atom. The molecule has 0 N–H and O–H groups in total. The smallest absolute Gasteiger partial charge is 0.259 e. The van der Waals surface area contributed by atoms with E-state index >= 15 is 0 Å². The van der Waals surface area contributed by atoms with Crippen LogP contribution < -0.4 is 0 Å². The summed E-state index contributed by atoms with van der Waals surface area (Å²) in [4.78, 5) is 19.0. The summed E-state index contributed by atoms with van der Waals surface area (Å²) in [6.07, 6.45) is 0.808. The normalized spacial score (nSPS) is 17.2. The van der Waals surface area contributed by atoms with Crippen LogP contribution in [0.5, 0.6) is 0 Å². The van der Waals surface area contributed by atoms with Crippen LogP contribution in [0.2, 0.25) is 0 Å². The predicted octanol–water partition coefficient (Wildman–Crippen LogP) is 2.97. The Labute approximate surface area is 144 Å². The van der Waals surface area contributed by atoms with E-state index in [9.17, 15) is 4.79 Å². The summed E-state index contributed by atoms with van der Waals surface area (Å²) in [5, 5.41) is 7.97. The first kappa shape index (κ1) is 15.6. The quantitative estimate of drug-likeness (QED) is 0.730. The third-order valence-electron chi connectivity index (χ3n) is 4.55. The zero-order valence-electron chi connectivity index (χ0n) is 14.1. The molecule has 0 aliphatic carbocycles. The Balaban J connectivity index is 1.50. The Kier molecular flexibility index (Phi) is 3.83. The largest absolute Gasteiger partial charge is 0.361 e. The van der Waals surface area contributed by atoms with Crippen LogP contribution in [-0.4, -0.2) is 39.2 Å². The van der Waals surface area contributed by atoms with Gasteiger partial charge in [-0.1, -0.05) is 28.5 Å². The molecule has 3 aromatic rings. The number of likely N-dealkylation sites (tertiary alicyclic amines) is 1. The number of hydrogen-bond donors (Lipinski definition) is 0. The number of rotatable bonds is 3. The molecule has 1 fully saturated rings. The topological polar surface area (TPSA) is 85.3 Å². The highest BCUT2D eigenvalue weighted by molar-refractivity contribution is 5.96. The Morgan fingerprint density at radius 1 is 1.16 bits per heavy atom. The van der Waals surface area contributed by atoms with Gasteiger partial charge in [-0.25, -0.2) is 0 Å². The molecule has 0 spiro atoms. The second-order valence-electron chi connectivity index (χ2n) is 6.26. The van der Waals surface area contributed by atoms with Crippen molar-refractivity contribution in [2.24, 2.45) is 0 Å². The first-order valence-corrected chi connectivity index (χ1v) is 8.24. The van der Waals surface area contributed by atoms with Crippen molar-refractivity contribution in [2.75, 3.05) is 13.1 Å². The molecule has 7 heteroatoms. The second-order valence-corrected chi connectivity index (χ2v) is 6.26. The van der Waals surface area contributed by atoms with Gasteiger partial charge in [0.25, 0.3) is 11.8 Å². The molecule has 4 rings (SSSR count). The number of amides is 1. The van der Waals surface area contributed by atoms with Crippen molar-refractivity contribution < 1.29 is 13.8 Å². The molecule has 1 amide bonds. The highest BCUT2D eigenvalue weighted by atomic mass is 16.5. The first-order chi connectivity index (χ1) is 12.1. The van der Waals surface area contributed by atoms with Crippen molar-refractivity contribution in [3.8, 4) is 11.5 Å². The van der Waals surface area contributed by atoms with Gasteiger partial charge in [-0.15, -0.1) is 0 Å². The maximum Gasteiger partial charge on any atom is 0.259 e. The van der Waals surface area contributed by atoms with E-state index in [-0.39, 0.29) is 11.8 Å².